The number of methoxy groups -OCH3 is 2. The van der Waals surface area contributed by atoms with Crippen LogP contribution in [0.25, 0.3) is 0 Å². The van der Waals surface area contributed by atoms with Crippen molar-refractivity contribution >= 4 is 0 Å². The Balaban J connectivity index is 2.66. The Morgan fingerprint density at radius 3 is 2.17 bits per heavy atom. The molecule has 1 fully saturated rings. The molecule has 0 bridgehead atoms. The van der Waals surface area contributed by atoms with Crippen LogP contribution in [0, 0.1) is 0 Å². The maximum Gasteiger partial charge on any atom is 0.196 e. The van der Waals surface area contributed by atoms with Crippen LogP contribution < -0.4 is 5.73 Å². The van der Waals surface area contributed by atoms with Crippen LogP contribution in [0.4, 0.5) is 0 Å². The summed E-state index contributed by atoms with van der Waals surface area (Å²) in [5.74, 6) is -0.813. The fourth-order valence-corrected chi connectivity index (χ4v) is 1.84. The zero-order chi connectivity index (χ0) is 9.24. The molecule has 4 nitrogen and oxygen atoms in total. The van der Waals surface area contributed by atoms with Gasteiger partial charge >= 0.3 is 0 Å². The van der Waals surface area contributed by atoms with E-state index in [2.05, 4.69) is 0 Å². The van der Waals surface area contributed by atoms with Crippen molar-refractivity contribution in [1.82, 2.24) is 0 Å². The second kappa shape index (κ2) is 3.30. The molecule has 1 aliphatic carbocycles. The smallest absolute Gasteiger partial charge is 0.196 e. The molecule has 1 unspecified atom stereocenters. The number of nitrogens with two attached hydrogens (primary N) is 1. The van der Waals surface area contributed by atoms with Gasteiger partial charge in [0.2, 0.25) is 0 Å². The molecule has 0 aromatic carbocycles. The van der Waals surface area contributed by atoms with Crippen molar-refractivity contribution in [3.05, 3.63) is 0 Å². The highest BCUT2D eigenvalue weighted by molar-refractivity contribution is 5.04. The second-order valence-corrected chi connectivity index (χ2v) is 3.23. The maximum absolute atomic E-state index is 9.99. The molecule has 0 aromatic rings. The molecule has 1 atom stereocenters. The monoisotopic (exact) mass is 175 g/mol. The first kappa shape index (κ1) is 9.92. The van der Waals surface area contributed by atoms with Gasteiger partial charge in [-0.1, -0.05) is 0 Å². The van der Waals surface area contributed by atoms with E-state index in [0.717, 1.165) is 6.42 Å². The van der Waals surface area contributed by atoms with Crippen LogP contribution in [-0.4, -0.2) is 37.3 Å². The van der Waals surface area contributed by atoms with Gasteiger partial charge in [0, 0.05) is 20.6 Å². The average molecular weight is 175 g/mol. The first-order valence-electron chi connectivity index (χ1n) is 4.17. The van der Waals surface area contributed by atoms with E-state index >= 15 is 0 Å². The highest BCUT2D eigenvalue weighted by Gasteiger charge is 2.59. The lowest BCUT2D eigenvalue weighted by molar-refractivity contribution is -0.355. The zero-order valence-electron chi connectivity index (χ0n) is 7.67. The normalized spacial score (nSPS) is 33.0. The van der Waals surface area contributed by atoms with E-state index in [1.807, 2.05) is 0 Å². The summed E-state index contributed by atoms with van der Waals surface area (Å²) in [5, 5.41) is 9.99. The van der Waals surface area contributed by atoms with E-state index in [1.165, 1.54) is 0 Å². The molecule has 4 heteroatoms. The first-order valence-corrected chi connectivity index (χ1v) is 4.17. The summed E-state index contributed by atoms with van der Waals surface area (Å²) < 4.78 is 10.3. The fraction of sp³-hybridized carbons (Fsp3) is 1.00. The molecular formula is C8H17NO3. The second-order valence-electron chi connectivity index (χ2n) is 3.23. The van der Waals surface area contributed by atoms with Crippen LogP contribution in [0.3, 0.4) is 0 Å². The van der Waals surface area contributed by atoms with E-state index < -0.39 is 11.4 Å². The lowest BCUT2D eigenvalue weighted by Crippen LogP contribution is -2.65. The molecule has 0 heterocycles. The van der Waals surface area contributed by atoms with E-state index in [9.17, 15) is 5.11 Å². The van der Waals surface area contributed by atoms with Crippen LogP contribution in [0.15, 0.2) is 0 Å². The molecule has 1 saturated carbocycles. The Hall–Kier alpha value is -0.160. The van der Waals surface area contributed by atoms with Gasteiger partial charge in [0.15, 0.2) is 5.79 Å². The van der Waals surface area contributed by atoms with Gasteiger partial charge < -0.3 is 20.3 Å². The van der Waals surface area contributed by atoms with E-state index in [1.54, 1.807) is 14.2 Å². The van der Waals surface area contributed by atoms with Crippen molar-refractivity contribution in [1.29, 1.82) is 0 Å². The Labute approximate surface area is 72.6 Å². The Bertz CT molecular complexity index is 153. The summed E-state index contributed by atoms with van der Waals surface area (Å²) in [6.45, 7) is 0.449. The number of aliphatic hydroxyl groups is 1. The first-order chi connectivity index (χ1) is 5.64. The molecule has 72 valence electrons. The molecule has 0 aliphatic heterocycles. The van der Waals surface area contributed by atoms with Gasteiger partial charge in [-0.3, -0.25) is 0 Å². The molecule has 3 N–H and O–H groups in total. The summed E-state index contributed by atoms with van der Waals surface area (Å²) in [4.78, 5) is 0. The third-order valence-corrected chi connectivity index (χ3v) is 2.79. The van der Waals surface area contributed by atoms with Crippen molar-refractivity contribution in [2.24, 2.45) is 5.73 Å². The molecule has 0 saturated heterocycles. The van der Waals surface area contributed by atoms with E-state index in [-0.39, 0.29) is 0 Å². The molecule has 0 aromatic heterocycles. The third-order valence-electron chi connectivity index (χ3n) is 2.79. The van der Waals surface area contributed by atoms with Crippen LogP contribution >= 0.6 is 0 Å². The summed E-state index contributed by atoms with van der Waals surface area (Å²) >= 11 is 0. The molecule has 12 heavy (non-hydrogen) atoms. The lowest BCUT2D eigenvalue weighted by Gasteiger charge is -2.53. The zero-order valence-corrected chi connectivity index (χ0v) is 7.67. The van der Waals surface area contributed by atoms with Crippen LogP contribution in [0.1, 0.15) is 19.3 Å². The Kier molecular flexibility index (Phi) is 2.73. The van der Waals surface area contributed by atoms with Crippen LogP contribution in [-0.2, 0) is 9.47 Å². The minimum absolute atomic E-state index is 0.449. The topological polar surface area (TPSA) is 64.7 Å². The van der Waals surface area contributed by atoms with Gasteiger partial charge in [0.05, 0.1) is 0 Å². The summed E-state index contributed by atoms with van der Waals surface area (Å²) in [6.07, 6.45) is 1.96. The fourth-order valence-electron chi connectivity index (χ4n) is 1.84. The Morgan fingerprint density at radius 2 is 1.92 bits per heavy atom. The van der Waals surface area contributed by atoms with Crippen molar-refractivity contribution in [2.45, 2.75) is 30.7 Å². The van der Waals surface area contributed by atoms with E-state index in [4.69, 9.17) is 15.2 Å². The van der Waals surface area contributed by atoms with Crippen molar-refractivity contribution in [2.75, 3.05) is 20.8 Å². The van der Waals surface area contributed by atoms with Crippen molar-refractivity contribution in [3.8, 4) is 0 Å². The number of ether oxygens (including phenoxy) is 2. The Morgan fingerprint density at radius 1 is 1.33 bits per heavy atom. The van der Waals surface area contributed by atoms with Crippen LogP contribution in [0.5, 0.6) is 0 Å². The van der Waals surface area contributed by atoms with Gasteiger partial charge in [-0.25, -0.2) is 0 Å². The number of rotatable bonds is 4. The summed E-state index contributed by atoms with van der Waals surface area (Å²) in [5.41, 5.74) is 4.50. The average Bonchev–Trinajstić information content (AvgIpc) is 2.06. The highest BCUT2D eigenvalue weighted by atomic mass is 16.7. The number of hydrogen-bond acceptors (Lipinski definition) is 4. The molecule has 1 aliphatic rings. The SMILES string of the molecule is COC1(OC)CCC1(O)CCN. The molecular weight excluding hydrogens is 158 g/mol. The maximum atomic E-state index is 9.99. The molecule has 0 spiro atoms. The van der Waals surface area contributed by atoms with E-state index in [0.29, 0.717) is 19.4 Å². The summed E-state index contributed by atoms with van der Waals surface area (Å²) in [6, 6.07) is 0. The minimum Gasteiger partial charge on any atom is -0.384 e. The van der Waals surface area contributed by atoms with Crippen molar-refractivity contribution in [3.63, 3.8) is 0 Å². The van der Waals surface area contributed by atoms with Crippen molar-refractivity contribution < 1.29 is 14.6 Å². The highest BCUT2D eigenvalue weighted by Crippen LogP contribution is 2.47. The number of hydrogen-bond donors (Lipinski definition) is 2. The van der Waals surface area contributed by atoms with Gasteiger partial charge in [-0.2, -0.15) is 0 Å². The van der Waals surface area contributed by atoms with Gasteiger partial charge in [-0.15, -0.1) is 0 Å². The van der Waals surface area contributed by atoms with Gasteiger partial charge in [-0.05, 0) is 19.4 Å². The summed E-state index contributed by atoms with van der Waals surface area (Å²) in [7, 11) is 3.09. The van der Waals surface area contributed by atoms with Gasteiger partial charge in [0.25, 0.3) is 0 Å². The predicted molar refractivity (Wildman–Crippen MR) is 44.6 cm³/mol. The standard InChI is InChI=1S/C8H17NO3/c1-11-8(12-2)4-3-7(8,10)5-6-9/h10H,3-6,9H2,1-2H3. The predicted octanol–water partition coefficient (Wildman–Crippen LogP) is -0.151. The van der Waals surface area contributed by atoms with Crippen LogP contribution in [0.2, 0.25) is 0 Å². The quantitative estimate of drug-likeness (QED) is 0.583. The molecule has 1 rings (SSSR count). The van der Waals surface area contributed by atoms with Gasteiger partial charge in [0.1, 0.15) is 5.60 Å². The lowest BCUT2D eigenvalue weighted by atomic mass is 9.71. The third kappa shape index (κ3) is 1.15. The molecule has 0 amide bonds. The largest absolute Gasteiger partial charge is 0.384 e. The molecule has 0 radical (unpaired) electrons. The minimum atomic E-state index is -0.884.